The maximum Gasteiger partial charge on any atom is 0.262 e. The standard InChI is InChI=1S/C19H17N5O/c1-2-24-18(25)15-8-4-6-10-17(15)22-19(24)23-21-12-13-11-20-16-9-5-3-7-14(13)16/h3-12,20H,2H2,1H3,(H,22,23)/b21-12+. The molecule has 0 saturated heterocycles. The summed E-state index contributed by atoms with van der Waals surface area (Å²) >= 11 is 0. The summed E-state index contributed by atoms with van der Waals surface area (Å²) in [7, 11) is 0. The van der Waals surface area contributed by atoms with E-state index in [2.05, 4.69) is 20.5 Å². The highest BCUT2D eigenvalue weighted by atomic mass is 16.1. The van der Waals surface area contributed by atoms with Gasteiger partial charge in [0.15, 0.2) is 0 Å². The van der Waals surface area contributed by atoms with Gasteiger partial charge in [0.25, 0.3) is 5.56 Å². The number of fused-ring (bicyclic) bond motifs is 2. The molecule has 0 spiro atoms. The number of nitrogens with zero attached hydrogens (tertiary/aromatic N) is 3. The fourth-order valence-corrected chi connectivity index (χ4v) is 2.91. The number of hydrogen-bond donors (Lipinski definition) is 2. The molecule has 124 valence electrons. The third-order valence-electron chi connectivity index (χ3n) is 4.17. The Morgan fingerprint density at radius 1 is 1.16 bits per heavy atom. The van der Waals surface area contributed by atoms with Crippen LogP contribution in [0.5, 0.6) is 0 Å². The van der Waals surface area contributed by atoms with Crippen molar-refractivity contribution in [2.45, 2.75) is 13.5 Å². The smallest absolute Gasteiger partial charge is 0.262 e. The maximum atomic E-state index is 12.6. The van der Waals surface area contributed by atoms with Crippen LogP contribution in [0.3, 0.4) is 0 Å². The summed E-state index contributed by atoms with van der Waals surface area (Å²) in [5.41, 5.74) is 5.51. The van der Waals surface area contributed by atoms with Crippen LogP contribution >= 0.6 is 0 Å². The number of nitrogens with one attached hydrogen (secondary N) is 2. The fraction of sp³-hybridized carbons (Fsp3) is 0.105. The van der Waals surface area contributed by atoms with Crippen LogP contribution < -0.4 is 11.0 Å². The van der Waals surface area contributed by atoms with Crippen molar-refractivity contribution in [2.75, 3.05) is 5.43 Å². The van der Waals surface area contributed by atoms with E-state index in [1.165, 1.54) is 0 Å². The first-order valence-corrected chi connectivity index (χ1v) is 8.12. The zero-order valence-electron chi connectivity index (χ0n) is 13.7. The minimum atomic E-state index is -0.0714. The number of hydrazone groups is 1. The van der Waals surface area contributed by atoms with Gasteiger partial charge in [-0.05, 0) is 25.1 Å². The molecule has 2 heterocycles. The normalized spacial score (nSPS) is 11.6. The second-order valence-corrected chi connectivity index (χ2v) is 5.66. The van der Waals surface area contributed by atoms with Gasteiger partial charge in [0, 0.05) is 29.2 Å². The van der Waals surface area contributed by atoms with Crippen LogP contribution in [0, 0.1) is 0 Å². The SMILES string of the molecule is CCn1c(N/N=C/c2c[nH]c3ccccc23)nc2ccccc2c1=O. The molecule has 6 heteroatoms. The van der Waals surface area contributed by atoms with Gasteiger partial charge in [-0.25, -0.2) is 10.4 Å². The van der Waals surface area contributed by atoms with Gasteiger partial charge < -0.3 is 4.98 Å². The van der Waals surface area contributed by atoms with Gasteiger partial charge in [-0.3, -0.25) is 9.36 Å². The van der Waals surface area contributed by atoms with Crippen molar-refractivity contribution in [1.82, 2.24) is 14.5 Å². The highest BCUT2D eigenvalue weighted by Crippen LogP contribution is 2.16. The molecule has 0 atom stereocenters. The summed E-state index contributed by atoms with van der Waals surface area (Å²) < 4.78 is 1.58. The highest BCUT2D eigenvalue weighted by molar-refractivity contribution is 5.99. The summed E-state index contributed by atoms with van der Waals surface area (Å²) in [4.78, 5) is 20.3. The predicted molar refractivity (Wildman–Crippen MR) is 101 cm³/mol. The molecule has 2 N–H and O–H groups in total. The predicted octanol–water partition coefficient (Wildman–Crippen LogP) is 3.34. The minimum absolute atomic E-state index is 0.0714. The molecule has 4 aromatic rings. The minimum Gasteiger partial charge on any atom is -0.361 e. The van der Waals surface area contributed by atoms with Crippen LogP contribution in [0.1, 0.15) is 12.5 Å². The Bertz CT molecular complexity index is 1140. The Hall–Kier alpha value is -3.41. The summed E-state index contributed by atoms with van der Waals surface area (Å²) in [5.74, 6) is 0.433. The van der Waals surface area contributed by atoms with E-state index in [0.717, 1.165) is 16.5 Å². The lowest BCUT2D eigenvalue weighted by atomic mass is 10.2. The molecule has 6 nitrogen and oxygen atoms in total. The third kappa shape index (κ3) is 2.67. The van der Waals surface area contributed by atoms with Crippen LogP contribution in [0.25, 0.3) is 21.8 Å². The number of H-pyrrole nitrogens is 1. The monoisotopic (exact) mass is 331 g/mol. The maximum absolute atomic E-state index is 12.6. The quantitative estimate of drug-likeness (QED) is 0.445. The number of hydrogen-bond acceptors (Lipinski definition) is 4. The summed E-state index contributed by atoms with van der Waals surface area (Å²) in [6.45, 7) is 2.42. The molecule has 0 aliphatic carbocycles. The van der Waals surface area contributed by atoms with Gasteiger partial charge in [-0.1, -0.05) is 30.3 Å². The van der Waals surface area contributed by atoms with Crippen LogP contribution in [-0.2, 0) is 6.54 Å². The molecule has 0 unspecified atom stereocenters. The van der Waals surface area contributed by atoms with E-state index in [-0.39, 0.29) is 5.56 Å². The Morgan fingerprint density at radius 2 is 1.92 bits per heavy atom. The van der Waals surface area contributed by atoms with Crippen molar-refractivity contribution in [3.63, 3.8) is 0 Å². The van der Waals surface area contributed by atoms with Gasteiger partial charge in [0.05, 0.1) is 17.1 Å². The zero-order valence-corrected chi connectivity index (χ0v) is 13.7. The first-order valence-electron chi connectivity index (χ1n) is 8.12. The van der Waals surface area contributed by atoms with E-state index in [4.69, 9.17) is 0 Å². The Balaban J connectivity index is 1.70. The summed E-state index contributed by atoms with van der Waals surface area (Å²) in [6.07, 6.45) is 3.62. The summed E-state index contributed by atoms with van der Waals surface area (Å²) in [6, 6.07) is 15.3. The van der Waals surface area contributed by atoms with E-state index in [0.29, 0.717) is 23.4 Å². The first kappa shape index (κ1) is 15.1. The molecular formula is C19H17N5O. The van der Waals surface area contributed by atoms with Crippen molar-refractivity contribution in [3.05, 3.63) is 70.6 Å². The van der Waals surface area contributed by atoms with Crippen molar-refractivity contribution in [2.24, 2.45) is 5.10 Å². The largest absolute Gasteiger partial charge is 0.361 e. The second kappa shape index (κ2) is 6.24. The topological polar surface area (TPSA) is 75.1 Å². The molecule has 2 aromatic heterocycles. The Morgan fingerprint density at radius 3 is 2.76 bits per heavy atom. The lowest BCUT2D eigenvalue weighted by molar-refractivity contribution is 0.724. The average Bonchev–Trinajstić information content (AvgIpc) is 3.05. The lowest BCUT2D eigenvalue weighted by Gasteiger charge is -2.10. The molecular weight excluding hydrogens is 314 g/mol. The first-order chi connectivity index (χ1) is 12.3. The Kier molecular flexibility index (Phi) is 3.78. The molecule has 0 saturated carbocycles. The molecule has 0 aliphatic rings. The second-order valence-electron chi connectivity index (χ2n) is 5.66. The summed E-state index contributed by atoms with van der Waals surface area (Å²) in [5, 5.41) is 5.97. The van der Waals surface area contributed by atoms with Crippen LogP contribution in [-0.4, -0.2) is 20.7 Å². The van der Waals surface area contributed by atoms with Crippen molar-refractivity contribution >= 4 is 34.0 Å². The molecule has 4 rings (SSSR count). The van der Waals surface area contributed by atoms with Gasteiger partial charge in [-0.2, -0.15) is 5.10 Å². The molecule has 2 aromatic carbocycles. The lowest BCUT2D eigenvalue weighted by Crippen LogP contribution is -2.23. The zero-order chi connectivity index (χ0) is 17.2. The molecule has 0 radical (unpaired) electrons. The number of rotatable bonds is 4. The fourth-order valence-electron chi connectivity index (χ4n) is 2.91. The van der Waals surface area contributed by atoms with Crippen molar-refractivity contribution in [1.29, 1.82) is 0 Å². The average molecular weight is 331 g/mol. The number of aromatic nitrogens is 3. The van der Waals surface area contributed by atoms with E-state index in [1.807, 2.05) is 55.6 Å². The van der Waals surface area contributed by atoms with Gasteiger partial charge in [-0.15, -0.1) is 0 Å². The molecule has 0 fully saturated rings. The van der Waals surface area contributed by atoms with Crippen LogP contribution in [0.15, 0.2) is 64.6 Å². The molecule has 0 aliphatic heterocycles. The van der Waals surface area contributed by atoms with Crippen LogP contribution in [0.4, 0.5) is 5.95 Å². The van der Waals surface area contributed by atoms with Gasteiger partial charge >= 0.3 is 0 Å². The van der Waals surface area contributed by atoms with Crippen molar-refractivity contribution < 1.29 is 0 Å². The van der Waals surface area contributed by atoms with Crippen molar-refractivity contribution in [3.8, 4) is 0 Å². The number of para-hydroxylation sites is 2. The van der Waals surface area contributed by atoms with Gasteiger partial charge in [0.2, 0.25) is 5.95 Å². The molecule has 25 heavy (non-hydrogen) atoms. The van der Waals surface area contributed by atoms with E-state index < -0.39 is 0 Å². The van der Waals surface area contributed by atoms with E-state index in [9.17, 15) is 4.79 Å². The van der Waals surface area contributed by atoms with Crippen LogP contribution in [0.2, 0.25) is 0 Å². The highest BCUT2D eigenvalue weighted by Gasteiger charge is 2.08. The third-order valence-corrected chi connectivity index (χ3v) is 4.17. The van der Waals surface area contributed by atoms with Gasteiger partial charge in [0.1, 0.15) is 0 Å². The molecule has 0 amide bonds. The number of aromatic amines is 1. The molecule has 0 bridgehead atoms. The van der Waals surface area contributed by atoms with E-state index >= 15 is 0 Å². The number of benzene rings is 2. The Labute approximate surface area is 143 Å². The van der Waals surface area contributed by atoms with E-state index in [1.54, 1.807) is 16.8 Å². The number of anilines is 1.